The number of benzene rings is 2. The van der Waals surface area contributed by atoms with Crippen LogP contribution >= 0.6 is 27.5 Å². The monoisotopic (exact) mass is 568 g/mol. The number of fused-ring (bicyclic) bond motifs is 1. The van der Waals surface area contributed by atoms with E-state index in [1.165, 1.54) is 6.07 Å². The van der Waals surface area contributed by atoms with Gasteiger partial charge in [0.25, 0.3) is 0 Å². The Hall–Kier alpha value is -3.31. The number of nitrogens with two attached hydrogens (primary N) is 1. The third kappa shape index (κ3) is 4.65. The zero-order chi connectivity index (χ0) is 24.6. The van der Waals surface area contributed by atoms with Crippen LogP contribution in [0.5, 0.6) is 0 Å². The topological polar surface area (TPSA) is 116 Å². The van der Waals surface area contributed by atoms with Gasteiger partial charge in [-0.2, -0.15) is 0 Å². The third-order valence-corrected chi connectivity index (χ3v) is 7.67. The first-order chi connectivity index (χ1) is 16.8. The van der Waals surface area contributed by atoms with Gasteiger partial charge in [-0.15, -0.1) is 0 Å². The van der Waals surface area contributed by atoms with Gasteiger partial charge in [-0.3, -0.25) is 4.57 Å². The highest BCUT2D eigenvalue weighted by Gasteiger charge is 2.19. The molecular formula is C24H18BrClN6O2S. The van der Waals surface area contributed by atoms with Crippen LogP contribution in [0, 0.1) is 0 Å². The van der Waals surface area contributed by atoms with Crippen molar-refractivity contribution >= 4 is 54.5 Å². The Morgan fingerprint density at radius 3 is 2.54 bits per heavy atom. The molecule has 8 nitrogen and oxygen atoms in total. The first-order valence-corrected chi connectivity index (χ1v) is 13.1. The van der Waals surface area contributed by atoms with Gasteiger partial charge in [0.1, 0.15) is 16.2 Å². The highest BCUT2D eigenvalue weighted by atomic mass is 79.9. The zero-order valence-corrected chi connectivity index (χ0v) is 21.2. The molecule has 0 fully saturated rings. The molecule has 0 atom stereocenters. The maximum atomic E-state index is 12.6. The molecule has 3 N–H and O–H groups in total. The van der Waals surface area contributed by atoms with Gasteiger partial charge >= 0.3 is 0 Å². The third-order valence-electron chi connectivity index (χ3n) is 5.33. The molecule has 0 spiro atoms. The van der Waals surface area contributed by atoms with Crippen molar-refractivity contribution in [2.75, 3.05) is 5.73 Å². The quantitative estimate of drug-likeness (QED) is 0.299. The maximum Gasteiger partial charge on any atom is 0.242 e. The minimum absolute atomic E-state index is 0.0408. The van der Waals surface area contributed by atoms with Crippen LogP contribution in [0.2, 0.25) is 5.02 Å². The van der Waals surface area contributed by atoms with E-state index < -0.39 is 10.0 Å². The van der Waals surface area contributed by atoms with Crippen LogP contribution in [0.25, 0.3) is 28.2 Å². The molecule has 176 valence electrons. The molecule has 0 saturated heterocycles. The van der Waals surface area contributed by atoms with Gasteiger partial charge in [0.05, 0.1) is 10.6 Å². The highest BCUT2D eigenvalue weighted by molar-refractivity contribution is 9.10. The van der Waals surface area contributed by atoms with Crippen LogP contribution in [-0.2, 0) is 16.6 Å². The van der Waals surface area contributed by atoms with Gasteiger partial charge in [0.15, 0.2) is 11.5 Å². The van der Waals surface area contributed by atoms with Crippen LogP contribution in [0.3, 0.4) is 0 Å². The van der Waals surface area contributed by atoms with E-state index in [1.54, 1.807) is 36.7 Å². The van der Waals surface area contributed by atoms with E-state index in [2.05, 4.69) is 30.6 Å². The van der Waals surface area contributed by atoms with E-state index in [4.69, 9.17) is 22.3 Å². The number of halogens is 2. The van der Waals surface area contributed by atoms with E-state index in [9.17, 15) is 8.42 Å². The lowest BCUT2D eigenvalue weighted by molar-refractivity contribution is 0.581. The molecule has 3 heterocycles. The minimum Gasteiger partial charge on any atom is -0.383 e. The average molecular weight is 570 g/mol. The summed E-state index contributed by atoms with van der Waals surface area (Å²) >= 11 is 9.50. The molecule has 0 unspecified atom stereocenters. The number of sulfonamides is 1. The molecule has 0 saturated carbocycles. The average Bonchev–Trinajstić information content (AvgIpc) is 3.22. The van der Waals surface area contributed by atoms with Crippen LogP contribution in [0.15, 0.2) is 88.5 Å². The summed E-state index contributed by atoms with van der Waals surface area (Å²) in [6.07, 6.45) is 3.33. The van der Waals surface area contributed by atoms with E-state index in [0.29, 0.717) is 28.4 Å². The fourth-order valence-corrected chi connectivity index (χ4v) is 5.51. The second-order valence-corrected chi connectivity index (χ2v) is 10.7. The van der Waals surface area contributed by atoms with E-state index in [-0.39, 0.29) is 16.5 Å². The van der Waals surface area contributed by atoms with Gasteiger partial charge in [-0.05, 0) is 64.0 Å². The van der Waals surface area contributed by atoms with Crippen LogP contribution < -0.4 is 10.5 Å². The largest absolute Gasteiger partial charge is 0.383 e. The number of aromatic nitrogens is 4. The molecule has 5 aromatic rings. The second-order valence-electron chi connectivity index (χ2n) is 7.62. The summed E-state index contributed by atoms with van der Waals surface area (Å²) in [6, 6.07) is 19.3. The van der Waals surface area contributed by atoms with Crippen molar-refractivity contribution in [2.45, 2.75) is 11.4 Å². The lowest BCUT2D eigenvalue weighted by Crippen LogP contribution is -2.23. The predicted octanol–water partition coefficient (Wildman–Crippen LogP) is 4.96. The van der Waals surface area contributed by atoms with Crippen molar-refractivity contribution < 1.29 is 8.42 Å². The summed E-state index contributed by atoms with van der Waals surface area (Å²) in [6.45, 7) is 0.103. The number of pyridine rings is 2. The lowest BCUT2D eigenvalue weighted by atomic mass is 10.2. The lowest BCUT2D eigenvalue weighted by Gasteiger charge is -2.12. The molecular weight excluding hydrogens is 552 g/mol. The first-order valence-electron chi connectivity index (χ1n) is 10.4. The molecule has 5 rings (SSSR count). The number of hydrogen-bond donors (Lipinski definition) is 2. The molecule has 0 radical (unpaired) electrons. The number of imidazole rings is 1. The van der Waals surface area contributed by atoms with Crippen LogP contribution in [0.1, 0.15) is 5.56 Å². The molecule has 0 bridgehead atoms. The number of nitrogens with zero attached hydrogens (tertiary/aromatic N) is 4. The Morgan fingerprint density at radius 2 is 1.80 bits per heavy atom. The van der Waals surface area contributed by atoms with E-state index in [0.717, 1.165) is 15.7 Å². The van der Waals surface area contributed by atoms with Crippen molar-refractivity contribution in [3.05, 3.63) is 94.2 Å². The Balaban J connectivity index is 1.49. The number of rotatable bonds is 6. The Kier molecular flexibility index (Phi) is 6.28. The summed E-state index contributed by atoms with van der Waals surface area (Å²) in [5.41, 5.74) is 9.73. The Labute approximate surface area is 215 Å². The van der Waals surface area contributed by atoms with Gasteiger partial charge in [0, 0.05) is 29.1 Å². The van der Waals surface area contributed by atoms with Crippen molar-refractivity contribution in [3.63, 3.8) is 0 Å². The second kappa shape index (κ2) is 9.38. The molecule has 11 heteroatoms. The van der Waals surface area contributed by atoms with Gasteiger partial charge < -0.3 is 5.73 Å². The molecule has 0 amide bonds. The Bertz CT molecular complexity index is 1660. The van der Waals surface area contributed by atoms with Gasteiger partial charge in [-0.25, -0.2) is 28.1 Å². The molecule has 35 heavy (non-hydrogen) atoms. The Morgan fingerprint density at radius 1 is 1.03 bits per heavy atom. The van der Waals surface area contributed by atoms with E-state index >= 15 is 0 Å². The van der Waals surface area contributed by atoms with Crippen molar-refractivity contribution in [3.8, 4) is 17.1 Å². The number of nitrogens with one attached hydrogen (secondary N) is 1. The normalized spacial score (nSPS) is 11.7. The number of hydrogen-bond acceptors (Lipinski definition) is 6. The SMILES string of the molecule is Nc1ncccc1-c1nc2cc(Br)cnc2n1-c1ccc(CNS(=O)(=O)c2ccccc2Cl)cc1. The molecule has 0 aliphatic carbocycles. The van der Waals surface area contributed by atoms with E-state index in [1.807, 2.05) is 41.0 Å². The van der Waals surface area contributed by atoms with Gasteiger partial charge in [0.2, 0.25) is 10.0 Å². The van der Waals surface area contributed by atoms with Crippen molar-refractivity contribution in [1.82, 2.24) is 24.2 Å². The number of nitrogen functional groups attached to an aromatic ring is 1. The summed E-state index contributed by atoms with van der Waals surface area (Å²) in [4.78, 5) is 13.5. The summed E-state index contributed by atoms with van der Waals surface area (Å²) in [5, 5.41) is 0.170. The van der Waals surface area contributed by atoms with Crippen molar-refractivity contribution in [2.24, 2.45) is 0 Å². The highest BCUT2D eigenvalue weighted by Crippen LogP contribution is 2.31. The first kappa shape index (κ1) is 23.4. The summed E-state index contributed by atoms with van der Waals surface area (Å²) in [5.74, 6) is 0.956. The van der Waals surface area contributed by atoms with Crippen LogP contribution in [-0.4, -0.2) is 27.9 Å². The van der Waals surface area contributed by atoms with Gasteiger partial charge in [-0.1, -0.05) is 35.9 Å². The summed E-state index contributed by atoms with van der Waals surface area (Å²) < 4.78 is 30.6. The minimum atomic E-state index is -3.76. The fourth-order valence-electron chi connectivity index (χ4n) is 3.65. The van der Waals surface area contributed by atoms with Crippen LogP contribution in [0.4, 0.5) is 5.82 Å². The number of anilines is 1. The molecule has 2 aromatic carbocycles. The maximum absolute atomic E-state index is 12.6. The predicted molar refractivity (Wildman–Crippen MR) is 140 cm³/mol. The smallest absolute Gasteiger partial charge is 0.242 e. The van der Waals surface area contributed by atoms with Crippen molar-refractivity contribution in [1.29, 1.82) is 0 Å². The molecule has 0 aliphatic rings. The summed E-state index contributed by atoms with van der Waals surface area (Å²) in [7, 11) is -3.76. The fraction of sp³-hybridized carbons (Fsp3) is 0.0417. The standard InChI is InChI=1S/C24H18BrClN6O2S/c25-16-12-20-24(29-14-16)32(23(31-20)18-4-3-11-28-22(18)27)17-9-7-15(8-10-17)13-30-35(33,34)21-6-2-1-5-19(21)26/h1-12,14,30H,13H2,(H2,27,28). The molecule has 3 aromatic heterocycles. The molecule has 0 aliphatic heterocycles. The zero-order valence-electron chi connectivity index (χ0n) is 18.1.